The zero-order valence-electron chi connectivity index (χ0n) is 29.4. The summed E-state index contributed by atoms with van der Waals surface area (Å²) in [4.78, 5) is 2.34. The van der Waals surface area contributed by atoms with Gasteiger partial charge in [0.25, 0.3) is 0 Å². The van der Waals surface area contributed by atoms with Crippen molar-refractivity contribution in [2.24, 2.45) is 0 Å². The third kappa shape index (κ3) is 5.03. The highest BCUT2D eigenvalue weighted by Gasteiger charge is 2.16. The average Bonchev–Trinajstić information content (AvgIpc) is 3.62. The summed E-state index contributed by atoms with van der Waals surface area (Å²) in [6.45, 7) is 0. The van der Waals surface area contributed by atoms with E-state index in [0.717, 1.165) is 39.0 Å². The molecule has 0 atom stereocenters. The third-order valence-corrected chi connectivity index (χ3v) is 11.0. The summed E-state index contributed by atoms with van der Waals surface area (Å²) in [5.74, 6) is 0. The first kappa shape index (κ1) is 30.5. The van der Waals surface area contributed by atoms with Gasteiger partial charge in [-0.2, -0.15) is 0 Å². The quantitative estimate of drug-likeness (QED) is 0.168. The summed E-state index contributed by atoms with van der Waals surface area (Å²) in [6, 6.07) is 72.4. The Labute approximate surface area is 312 Å². The SMILES string of the molecule is c1ccc2c(c1)ccc1ccc(-c3ccc(N(c4ccc(-c5ccc6ccc7ccccc7c6c5)cc4)c4ccc5oc6ccccc6c5c4)cc3)cc12. The van der Waals surface area contributed by atoms with Gasteiger partial charge < -0.3 is 9.32 Å². The van der Waals surface area contributed by atoms with E-state index in [1.165, 1.54) is 65.3 Å². The topological polar surface area (TPSA) is 16.4 Å². The number of benzene rings is 10. The van der Waals surface area contributed by atoms with Crippen molar-refractivity contribution in [3.05, 3.63) is 200 Å². The molecule has 1 heterocycles. The van der Waals surface area contributed by atoms with E-state index in [4.69, 9.17) is 4.42 Å². The van der Waals surface area contributed by atoms with Crippen LogP contribution in [-0.2, 0) is 0 Å². The molecule has 0 unspecified atom stereocenters. The molecule has 0 saturated heterocycles. The number of hydrogen-bond donors (Lipinski definition) is 0. The van der Waals surface area contributed by atoms with Crippen LogP contribution in [0.25, 0.3) is 87.3 Å². The van der Waals surface area contributed by atoms with Crippen LogP contribution in [0.1, 0.15) is 0 Å². The molecular weight excluding hydrogens is 655 g/mol. The molecule has 1 aromatic heterocycles. The lowest BCUT2D eigenvalue weighted by atomic mass is 9.96. The second-order valence-corrected chi connectivity index (χ2v) is 14.2. The van der Waals surface area contributed by atoms with Crippen molar-refractivity contribution in [1.82, 2.24) is 0 Å². The molecule has 0 spiro atoms. The van der Waals surface area contributed by atoms with Crippen LogP contribution in [0.2, 0.25) is 0 Å². The van der Waals surface area contributed by atoms with E-state index < -0.39 is 0 Å². The van der Waals surface area contributed by atoms with E-state index in [0.29, 0.717) is 0 Å². The van der Waals surface area contributed by atoms with Crippen LogP contribution in [0.15, 0.2) is 205 Å². The predicted molar refractivity (Wildman–Crippen MR) is 229 cm³/mol. The number of fused-ring (bicyclic) bond motifs is 9. The molecule has 11 aromatic rings. The Morgan fingerprint density at radius 1 is 0.259 bits per heavy atom. The number of nitrogens with zero attached hydrogens (tertiary/aromatic N) is 1. The van der Waals surface area contributed by atoms with E-state index in [-0.39, 0.29) is 0 Å². The number of hydrogen-bond acceptors (Lipinski definition) is 2. The molecule has 0 amide bonds. The monoisotopic (exact) mass is 687 g/mol. The fraction of sp³-hybridized carbons (Fsp3) is 0. The minimum absolute atomic E-state index is 0.887. The fourth-order valence-corrected chi connectivity index (χ4v) is 8.27. The Bertz CT molecular complexity index is 3050. The van der Waals surface area contributed by atoms with Crippen molar-refractivity contribution in [3.63, 3.8) is 0 Å². The molecule has 0 radical (unpaired) electrons. The van der Waals surface area contributed by atoms with Crippen molar-refractivity contribution in [1.29, 1.82) is 0 Å². The van der Waals surface area contributed by atoms with Crippen LogP contribution in [0.5, 0.6) is 0 Å². The first-order valence-electron chi connectivity index (χ1n) is 18.5. The average molecular weight is 688 g/mol. The van der Waals surface area contributed by atoms with Gasteiger partial charge in [0.05, 0.1) is 0 Å². The Morgan fingerprint density at radius 2 is 0.667 bits per heavy atom. The van der Waals surface area contributed by atoms with Gasteiger partial charge in [0.15, 0.2) is 0 Å². The zero-order valence-corrected chi connectivity index (χ0v) is 29.4. The normalized spacial score (nSPS) is 11.7. The maximum absolute atomic E-state index is 6.22. The highest BCUT2D eigenvalue weighted by Crippen LogP contribution is 2.41. The lowest BCUT2D eigenvalue weighted by molar-refractivity contribution is 0.669. The summed E-state index contributed by atoms with van der Waals surface area (Å²) in [6.07, 6.45) is 0. The minimum atomic E-state index is 0.887. The highest BCUT2D eigenvalue weighted by molar-refractivity contribution is 6.10. The largest absolute Gasteiger partial charge is 0.456 e. The van der Waals surface area contributed by atoms with Crippen LogP contribution in [0.3, 0.4) is 0 Å². The first-order valence-corrected chi connectivity index (χ1v) is 18.5. The van der Waals surface area contributed by atoms with E-state index in [1.54, 1.807) is 0 Å². The Kier molecular flexibility index (Phi) is 6.90. The standard InChI is InChI=1S/C52H33NO/c1-3-9-45-36(7-1)13-15-38-17-19-40(31-48(38)45)34-21-25-42(26-22-34)53(44-29-30-52-50(33-44)47-11-5-6-12-51(47)54-52)43-27-23-35(24-28-43)41-20-18-39-16-14-37-8-2-4-10-46(37)49(39)32-41/h1-33H. The van der Waals surface area contributed by atoms with Gasteiger partial charge in [-0.3, -0.25) is 0 Å². The molecule has 0 aliphatic carbocycles. The number of furan rings is 1. The van der Waals surface area contributed by atoms with Crippen molar-refractivity contribution in [3.8, 4) is 22.3 Å². The smallest absolute Gasteiger partial charge is 0.135 e. The predicted octanol–water partition coefficient (Wildman–Crippen LogP) is 15.0. The molecule has 54 heavy (non-hydrogen) atoms. The van der Waals surface area contributed by atoms with Crippen LogP contribution in [0, 0.1) is 0 Å². The summed E-state index contributed by atoms with van der Waals surface area (Å²) < 4.78 is 6.22. The van der Waals surface area contributed by atoms with Gasteiger partial charge in [-0.15, -0.1) is 0 Å². The lowest BCUT2D eigenvalue weighted by Gasteiger charge is -2.26. The molecule has 2 nitrogen and oxygen atoms in total. The lowest BCUT2D eigenvalue weighted by Crippen LogP contribution is -2.09. The number of para-hydroxylation sites is 1. The van der Waals surface area contributed by atoms with Gasteiger partial charge in [-0.05, 0) is 126 Å². The minimum Gasteiger partial charge on any atom is -0.456 e. The van der Waals surface area contributed by atoms with Crippen LogP contribution in [0.4, 0.5) is 17.1 Å². The van der Waals surface area contributed by atoms with Crippen LogP contribution < -0.4 is 4.90 Å². The molecule has 0 aliphatic rings. The Balaban J connectivity index is 1.01. The molecule has 10 aromatic carbocycles. The van der Waals surface area contributed by atoms with Crippen molar-refractivity contribution in [2.45, 2.75) is 0 Å². The van der Waals surface area contributed by atoms with E-state index in [9.17, 15) is 0 Å². The zero-order chi connectivity index (χ0) is 35.6. The second kappa shape index (κ2) is 12.2. The molecule has 0 bridgehead atoms. The van der Waals surface area contributed by atoms with Gasteiger partial charge in [0.1, 0.15) is 11.2 Å². The highest BCUT2D eigenvalue weighted by atomic mass is 16.3. The number of rotatable bonds is 5. The number of anilines is 3. The summed E-state index contributed by atoms with van der Waals surface area (Å²) in [5, 5.41) is 12.4. The molecule has 2 heteroatoms. The third-order valence-electron chi connectivity index (χ3n) is 11.0. The summed E-state index contributed by atoms with van der Waals surface area (Å²) in [7, 11) is 0. The molecule has 0 N–H and O–H groups in total. The van der Waals surface area contributed by atoms with Gasteiger partial charge in [-0.25, -0.2) is 0 Å². The van der Waals surface area contributed by atoms with Crippen molar-refractivity contribution < 1.29 is 4.42 Å². The van der Waals surface area contributed by atoms with Gasteiger partial charge in [0.2, 0.25) is 0 Å². The molecule has 0 saturated carbocycles. The molecule has 252 valence electrons. The maximum Gasteiger partial charge on any atom is 0.135 e. The van der Waals surface area contributed by atoms with Gasteiger partial charge >= 0.3 is 0 Å². The molecule has 0 fully saturated rings. The van der Waals surface area contributed by atoms with E-state index >= 15 is 0 Å². The summed E-state index contributed by atoms with van der Waals surface area (Å²) >= 11 is 0. The van der Waals surface area contributed by atoms with Crippen LogP contribution in [-0.4, -0.2) is 0 Å². The van der Waals surface area contributed by atoms with Gasteiger partial charge in [0, 0.05) is 27.8 Å². The molecule has 0 aliphatic heterocycles. The fourth-order valence-electron chi connectivity index (χ4n) is 8.27. The van der Waals surface area contributed by atoms with E-state index in [1.807, 2.05) is 12.1 Å². The van der Waals surface area contributed by atoms with Crippen LogP contribution >= 0.6 is 0 Å². The van der Waals surface area contributed by atoms with Crippen molar-refractivity contribution >= 4 is 82.1 Å². The molecular formula is C52H33NO. The molecule has 11 rings (SSSR count). The Hall–Kier alpha value is -7.16. The maximum atomic E-state index is 6.22. The van der Waals surface area contributed by atoms with Gasteiger partial charge in [-0.1, -0.05) is 140 Å². The first-order chi connectivity index (χ1) is 26.7. The van der Waals surface area contributed by atoms with Crippen molar-refractivity contribution in [2.75, 3.05) is 4.90 Å². The summed E-state index contributed by atoms with van der Waals surface area (Å²) in [5.41, 5.74) is 9.81. The Morgan fingerprint density at radius 3 is 1.22 bits per heavy atom. The second-order valence-electron chi connectivity index (χ2n) is 14.2. The van der Waals surface area contributed by atoms with E-state index in [2.05, 4.69) is 193 Å².